The fourth-order valence-corrected chi connectivity index (χ4v) is 2.31. The van der Waals surface area contributed by atoms with Crippen LogP contribution in [-0.4, -0.2) is 5.11 Å². The predicted molar refractivity (Wildman–Crippen MR) is 80.8 cm³/mol. The zero-order chi connectivity index (χ0) is 14.0. The third-order valence-corrected chi connectivity index (χ3v) is 3.62. The topological polar surface area (TPSA) is 20.2 Å². The second-order valence-electron chi connectivity index (χ2n) is 4.13. The fourth-order valence-electron chi connectivity index (χ4n) is 1.77. The molecule has 0 aliphatic rings. The molecule has 19 heavy (non-hydrogen) atoms. The summed E-state index contributed by atoms with van der Waals surface area (Å²) in [7, 11) is 0. The van der Waals surface area contributed by atoms with E-state index in [1.165, 1.54) is 6.07 Å². The molecule has 2 rings (SSSR count). The van der Waals surface area contributed by atoms with Gasteiger partial charge in [-0.3, -0.25) is 0 Å². The van der Waals surface area contributed by atoms with E-state index in [0.29, 0.717) is 26.2 Å². The Balaban J connectivity index is 2.45. The minimum Gasteiger partial charge on any atom is -0.506 e. The highest BCUT2D eigenvalue weighted by Gasteiger charge is 2.07. The van der Waals surface area contributed by atoms with Gasteiger partial charge in [-0.05, 0) is 52.7 Å². The Morgan fingerprint density at radius 1 is 1.32 bits per heavy atom. The van der Waals surface area contributed by atoms with Crippen LogP contribution in [0.25, 0.3) is 11.6 Å². The Kier molecular flexibility index (Phi) is 4.27. The number of phenolic OH excluding ortho intramolecular Hbond substituents is 1. The summed E-state index contributed by atoms with van der Waals surface area (Å²) in [5, 5.41) is 10.3. The van der Waals surface area contributed by atoms with Crippen LogP contribution in [0.4, 0.5) is 4.39 Å². The largest absolute Gasteiger partial charge is 0.506 e. The van der Waals surface area contributed by atoms with Crippen LogP contribution < -0.4 is 0 Å². The molecular weight excluding hydrogens is 331 g/mol. The van der Waals surface area contributed by atoms with Crippen molar-refractivity contribution in [3.8, 4) is 5.75 Å². The number of benzene rings is 2. The van der Waals surface area contributed by atoms with E-state index < -0.39 is 0 Å². The zero-order valence-electron chi connectivity index (χ0n) is 10.1. The standard InChI is InChI=1S/C15H11BrClFO/c1-9(12-6-5-11(17)8-14(12)18)7-10-3-2-4-13(16)15(10)19/h2-8,19H,1H3. The number of allylic oxidation sites excluding steroid dienone is 1. The third kappa shape index (κ3) is 3.17. The van der Waals surface area contributed by atoms with Gasteiger partial charge in [0.2, 0.25) is 0 Å². The fraction of sp³-hybridized carbons (Fsp3) is 0.0667. The van der Waals surface area contributed by atoms with Gasteiger partial charge in [-0.15, -0.1) is 0 Å². The number of phenols is 1. The Hall–Kier alpha value is -1.32. The van der Waals surface area contributed by atoms with Crippen LogP contribution in [0.3, 0.4) is 0 Å². The first-order chi connectivity index (χ1) is 8.99. The molecule has 4 heteroatoms. The smallest absolute Gasteiger partial charge is 0.136 e. The number of para-hydroxylation sites is 1. The van der Waals surface area contributed by atoms with Gasteiger partial charge in [-0.1, -0.05) is 29.8 Å². The molecule has 0 saturated heterocycles. The molecule has 0 amide bonds. The van der Waals surface area contributed by atoms with Gasteiger partial charge >= 0.3 is 0 Å². The van der Waals surface area contributed by atoms with E-state index in [0.717, 1.165) is 0 Å². The average molecular weight is 342 g/mol. The highest BCUT2D eigenvalue weighted by Crippen LogP contribution is 2.31. The summed E-state index contributed by atoms with van der Waals surface area (Å²) in [4.78, 5) is 0. The highest BCUT2D eigenvalue weighted by atomic mass is 79.9. The summed E-state index contributed by atoms with van der Waals surface area (Å²) < 4.78 is 14.4. The lowest BCUT2D eigenvalue weighted by molar-refractivity contribution is 0.470. The lowest BCUT2D eigenvalue weighted by Crippen LogP contribution is -1.87. The quantitative estimate of drug-likeness (QED) is 0.714. The highest BCUT2D eigenvalue weighted by molar-refractivity contribution is 9.10. The zero-order valence-corrected chi connectivity index (χ0v) is 12.5. The number of rotatable bonds is 2. The minimum atomic E-state index is -0.379. The number of hydrogen-bond acceptors (Lipinski definition) is 1. The molecular formula is C15H11BrClFO. The normalized spacial score (nSPS) is 11.7. The molecule has 0 unspecified atom stereocenters. The van der Waals surface area contributed by atoms with Crippen molar-refractivity contribution in [2.75, 3.05) is 0 Å². The molecule has 1 N–H and O–H groups in total. The monoisotopic (exact) mass is 340 g/mol. The number of hydrogen-bond donors (Lipinski definition) is 1. The summed E-state index contributed by atoms with van der Waals surface area (Å²) in [6.07, 6.45) is 1.73. The summed E-state index contributed by atoms with van der Waals surface area (Å²) in [5.41, 5.74) is 1.80. The van der Waals surface area contributed by atoms with Crippen LogP contribution in [0, 0.1) is 5.82 Å². The Morgan fingerprint density at radius 2 is 2.05 bits per heavy atom. The molecule has 0 aliphatic carbocycles. The van der Waals surface area contributed by atoms with Crippen LogP contribution in [-0.2, 0) is 0 Å². The first kappa shape index (κ1) is 14.1. The van der Waals surface area contributed by atoms with Crippen molar-refractivity contribution in [1.29, 1.82) is 0 Å². The van der Waals surface area contributed by atoms with Crippen molar-refractivity contribution in [3.05, 3.63) is 62.8 Å². The van der Waals surface area contributed by atoms with E-state index in [1.807, 2.05) is 0 Å². The van der Waals surface area contributed by atoms with Crippen molar-refractivity contribution in [2.24, 2.45) is 0 Å². The lowest BCUT2D eigenvalue weighted by atomic mass is 10.0. The van der Waals surface area contributed by atoms with E-state index in [4.69, 9.17) is 11.6 Å². The van der Waals surface area contributed by atoms with Crippen molar-refractivity contribution >= 4 is 39.2 Å². The molecule has 0 bridgehead atoms. The first-order valence-corrected chi connectivity index (χ1v) is 6.77. The van der Waals surface area contributed by atoms with Gasteiger partial charge in [0, 0.05) is 16.1 Å². The average Bonchev–Trinajstić information content (AvgIpc) is 2.34. The molecule has 0 aromatic heterocycles. The summed E-state index contributed by atoms with van der Waals surface area (Å²) >= 11 is 8.97. The van der Waals surface area contributed by atoms with Gasteiger partial charge in [0.05, 0.1) is 4.47 Å². The second kappa shape index (κ2) is 5.76. The third-order valence-electron chi connectivity index (χ3n) is 2.75. The number of aromatic hydroxyl groups is 1. The molecule has 0 atom stereocenters. The van der Waals surface area contributed by atoms with Gasteiger partial charge in [-0.25, -0.2) is 4.39 Å². The molecule has 0 radical (unpaired) electrons. The summed E-state index contributed by atoms with van der Waals surface area (Å²) in [6, 6.07) is 9.84. The van der Waals surface area contributed by atoms with Crippen LogP contribution in [0.5, 0.6) is 5.75 Å². The van der Waals surface area contributed by atoms with E-state index in [2.05, 4.69) is 15.9 Å². The molecule has 0 aliphatic heterocycles. The van der Waals surface area contributed by atoms with Gasteiger partial charge in [0.1, 0.15) is 11.6 Å². The van der Waals surface area contributed by atoms with Gasteiger partial charge < -0.3 is 5.11 Å². The van der Waals surface area contributed by atoms with Gasteiger partial charge in [-0.2, -0.15) is 0 Å². The maximum absolute atomic E-state index is 13.8. The van der Waals surface area contributed by atoms with E-state index in [9.17, 15) is 9.50 Å². The predicted octanol–water partition coefficient (Wildman–Crippen LogP) is 5.51. The van der Waals surface area contributed by atoms with Crippen LogP contribution in [0.2, 0.25) is 5.02 Å². The Labute approximate surface area is 124 Å². The van der Waals surface area contributed by atoms with Crippen molar-refractivity contribution < 1.29 is 9.50 Å². The Morgan fingerprint density at radius 3 is 2.74 bits per heavy atom. The number of halogens is 3. The molecule has 1 nitrogen and oxygen atoms in total. The molecule has 2 aromatic rings. The van der Waals surface area contributed by atoms with Crippen LogP contribution >= 0.6 is 27.5 Å². The molecule has 0 heterocycles. The van der Waals surface area contributed by atoms with Crippen molar-refractivity contribution in [1.82, 2.24) is 0 Å². The SMILES string of the molecule is CC(=Cc1cccc(Br)c1O)c1ccc(Cl)cc1F. The van der Waals surface area contributed by atoms with Crippen molar-refractivity contribution in [2.45, 2.75) is 6.92 Å². The van der Waals surface area contributed by atoms with Crippen molar-refractivity contribution in [3.63, 3.8) is 0 Å². The van der Waals surface area contributed by atoms with E-state index in [1.54, 1.807) is 43.3 Å². The lowest BCUT2D eigenvalue weighted by Gasteiger charge is -2.06. The molecule has 0 spiro atoms. The maximum atomic E-state index is 13.8. The first-order valence-electron chi connectivity index (χ1n) is 5.60. The molecule has 98 valence electrons. The summed E-state index contributed by atoms with van der Waals surface area (Å²) in [5.74, 6) is -0.244. The summed E-state index contributed by atoms with van der Waals surface area (Å²) in [6.45, 7) is 1.78. The van der Waals surface area contributed by atoms with Gasteiger partial charge in [0.15, 0.2) is 0 Å². The van der Waals surface area contributed by atoms with E-state index >= 15 is 0 Å². The Bertz CT molecular complexity index is 653. The van der Waals surface area contributed by atoms with E-state index in [-0.39, 0.29) is 11.6 Å². The van der Waals surface area contributed by atoms with Gasteiger partial charge in [0.25, 0.3) is 0 Å². The minimum absolute atomic E-state index is 0.135. The molecule has 0 fully saturated rings. The van der Waals surface area contributed by atoms with Crippen LogP contribution in [0.15, 0.2) is 40.9 Å². The van der Waals surface area contributed by atoms with Crippen LogP contribution in [0.1, 0.15) is 18.1 Å². The molecule has 0 saturated carbocycles. The molecule has 2 aromatic carbocycles. The second-order valence-corrected chi connectivity index (χ2v) is 5.42. The maximum Gasteiger partial charge on any atom is 0.136 e.